The standard InChI is InChI=1S/C15H28N2O2/c1-12-3-7-17(8-4-12)15(18)11-16-13(2)14-5-9-19-10-6-14/h12-14,16H,3-11H2,1-2H3/t13-/m0/s1. The Morgan fingerprint density at radius 2 is 1.89 bits per heavy atom. The second-order valence-corrected chi connectivity index (χ2v) is 6.18. The van der Waals surface area contributed by atoms with Crippen LogP contribution in [0.4, 0.5) is 0 Å². The molecular weight excluding hydrogens is 240 g/mol. The van der Waals surface area contributed by atoms with E-state index in [1.807, 2.05) is 4.90 Å². The van der Waals surface area contributed by atoms with E-state index in [1.54, 1.807) is 0 Å². The van der Waals surface area contributed by atoms with Crippen LogP contribution < -0.4 is 5.32 Å². The molecule has 0 unspecified atom stereocenters. The van der Waals surface area contributed by atoms with Crippen molar-refractivity contribution >= 4 is 5.91 Å². The van der Waals surface area contributed by atoms with Crippen molar-refractivity contribution in [1.82, 2.24) is 10.2 Å². The molecule has 1 N–H and O–H groups in total. The number of amides is 1. The second kappa shape index (κ2) is 7.25. The monoisotopic (exact) mass is 268 g/mol. The van der Waals surface area contributed by atoms with Crippen LogP contribution in [0.3, 0.4) is 0 Å². The van der Waals surface area contributed by atoms with Gasteiger partial charge in [0.2, 0.25) is 5.91 Å². The molecule has 0 aromatic carbocycles. The average Bonchev–Trinajstić information content (AvgIpc) is 2.46. The van der Waals surface area contributed by atoms with Crippen molar-refractivity contribution < 1.29 is 9.53 Å². The molecule has 0 radical (unpaired) electrons. The Hall–Kier alpha value is -0.610. The molecule has 1 amide bonds. The minimum atomic E-state index is 0.269. The second-order valence-electron chi connectivity index (χ2n) is 6.18. The van der Waals surface area contributed by atoms with Gasteiger partial charge in [-0.3, -0.25) is 4.79 Å². The smallest absolute Gasteiger partial charge is 0.236 e. The highest BCUT2D eigenvalue weighted by molar-refractivity contribution is 5.78. The molecule has 1 atom stereocenters. The summed E-state index contributed by atoms with van der Waals surface area (Å²) >= 11 is 0. The SMILES string of the molecule is CC1CCN(C(=O)CN[C@@H](C)C2CCOCC2)CC1. The van der Waals surface area contributed by atoms with Gasteiger partial charge in [-0.1, -0.05) is 6.92 Å². The number of likely N-dealkylation sites (tertiary alicyclic amines) is 1. The van der Waals surface area contributed by atoms with Gasteiger partial charge in [0.15, 0.2) is 0 Å². The van der Waals surface area contributed by atoms with E-state index >= 15 is 0 Å². The molecule has 2 rings (SSSR count). The van der Waals surface area contributed by atoms with E-state index in [1.165, 1.54) is 0 Å². The third-order valence-electron chi connectivity index (χ3n) is 4.68. The van der Waals surface area contributed by atoms with Gasteiger partial charge in [0.05, 0.1) is 6.54 Å². The van der Waals surface area contributed by atoms with Crippen LogP contribution in [-0.2, 0) is 9.53 Å². The summed E-state index contributed by atoms with van der Waals surface area (Å²) in [6.45, 7) is 8.58. The van der Waals surface area contributed by atoms with Gasteiger partial charge >= 0.3 is 0 Å². The first-order valence-corrected chi connectivity index (χ1v) is 7.75. The van der Waals surface area contributed by atoms with Crippen LogP contribution in [-0.4, -0.2) is 49.7 Å². The van der Waals surface area contributed by atoms with Gasteiger partial charge in [-0.25, -0.2) is 0 Å². The molecule has 2 aliphatic rings. The molecule has 2 fully saturated rings. The summed E-state index contributed by atoms with van der Waals surface area (Å²) in [7, 11) is 0. The Bertz CT molecular complexity index is 282. The normalized spacial score (nSPS) is 24.4. The average molecular weight is 268 g/mol. The number of ether oxygens (including phenoxy) is 1. The van der Waals surface area contributed by atoms with E-state index in [0.29, 0.717) is 18.5 Å². The topological polar surface area (TPSA) is 41.6 Å². The van der Waals surface area contributed by atoms with E-state index < -0.39 is 0 Å². The molecule has 0 aliphatic carbocycles. The Labute approximate surface area is 116 Å². The van der Waals surface area contributed by atoms with Gasteiger partial charge in [-0.15, -0.1) is 0 Å². The zero-order valence-corrected chi connectivity index (χ0v) is 12.4. The maximum absolute atomic E-state index is 12.1. The van der Waals surface area contributed by atoms with Crippen LogP contribution in [0.15, 0.2) is 0 Å². The third kappa shape index (κ3) is 4.46. The fourth-order valence-corrected chi connectivity index (χ4v) is 3.00. The van der Waals surface area contributed by atoms with Gasteiger partial charge < -0.3 is 15.0 Å². The zero-order chi connectivity index (χ0) is 13.7. The summed E-state index contributed by atoms with van der Waals surface area (Å²) in [6.07, 6.45) is 4.54. The fourth-order valence-electron chi connectivity index (χ4n) is 3.00. The molecule has 0 aromatic heterocycles. The van der Waals surface area contributed by atoms with Gasteiger partial charge in [-0.2, -0.15) is 0 Å². The van der Waals surface area contributed by atoms with Crippen LogP contribution in [0.2, 0.25) is 0 Å². The number of piperidine rings is 1. The lowest BCUT2D eigenvalue weighted by molar-refractivity contribution is -0.131. The summed E-state index contributed by atoms with van der Waals surface area (Å²) in [4.78, 5) is 14.1. The van der Waals surface area contributed by atoms with E-state index in [-0.39, 0.29) is 5.91 Å². The highest BCUT2D eigenvalue weighted by Crippen LogP contribution is 2.19. The van der Waals surface area contributed by atoms with Crippen LogP contribution in [0.1, 0.15) is 39.5 Å². The van der Waals surface area contributed by atoms with Crippen molar-refractivity contribution in [3.05, 3.63) is 0 Å². The molecule has 2 saturated heterocycles. The molecule has 4 nitrogen and oxygen atoms in total. The molecular formula is C15H28N2O2. The van der Waals surface area contributed by atoms with Crippen LogP contribution in [0.25, 0.3) is 0 Å². The van der Waals surface area contributed by atoms with Gasteiger partial charge in [0.25, 0.3) is 0 Å². The van der Waals surface area contributed by atoms with Crippen molar-refractivity contribution in [2.75, 3.05) is 32.8 Å². The zero-order valence-electron chi connectivity index (χ0n) is 12.4. The van der Waals surface area contributed by atoms with Gasteiger partial charge in [0.1, 0.15) is 0 Å². The number of rotatable bonds is 4. The quantitative estimate of drug-likeness (QED) is 0.843. The minimum Gasteiger partial charge on any atom is -0.381 e. The lowest BCUT2D eigenvalue weighted by atomic mass is 9.93. The first kappa shape index (κ1) is 14.8. The molecule has 0 aromatic rings. The fraction of sp³-hybridized carbons (Fsp3) is 0.933. The maximum atomic E-state index is 12.1. The van der Waals surface area contributed by atoms with Crippen molar-refractivity contribution in [2.45, 2.75) is 45.6 Å². The molecule has 19 heavy (non-hydrogen) atoms. The summed E-state index contributed by atoms with van der Waals surface area (Å²) in [5.41, 5.74) is 0. The first-order chi connectivity index (χ1) is 9.16. The molecule has 0 bridgehead atoms. The van der Waals surface area contributed by atoms with E-state index in [9.17, 15) is 4.79 Å². The lowest BCUT2D eigenvalue weighted by Gasteiger charge is -2.32. The highest BCUT2D eigenvalue weighted by Gasteiger charge is 2.23. The summed E-state index contributed by atoms with van der Waals surface area (Å²) in [5, 5.41) is 3.41. The predicted octanol–water partition coefficient (Wildman–Crippen LogP) is 1.65. The number of carbonyl (C=O) groups excluding carboxylic acids is 1. The van der Waals surface area contributed by atoms with Gasteiger partial charge in [-0.05, 0) is 44.4 Å². The Balaban J connectivity index is 1.67. The number of carbonyl (C=O) groups is 1. The number of nitrogens with zero attached hydrogens (tertiary/aromatic N) is 1. The van der Waals surface area contributed by atoms with E-state index in [0.717, 1.165) is 57.9 Å². The van der Waals surface area contributed by atoms with Crippen LogP contribution >= 0.6 is 0 Å². The largest absolute Gasteiger partial charge is 0.381 e. The molecule has 0 saturated carbocycles. The van der Waals surface area contributed by atoms with Crippen LogP contribution in [0.5, 0.6) is 0 Å². The van der Waals surface area contributed by atoms with Crippen LogP contribution in [0, 0.1) is 11.8 Å². The van der Waals surface area contributed by atoms with E-state index in [2.05, 4.69) is 19.2 Å². The molecule has 4 heteroatoms. The van der Waals surface area contributed by atoms with Crippen molar-refractivity contribution in [2.24, 2.45) is 11.8 Å². The molecule has 2 heterocycles. The van der Waals surface area contributed by atoms with Crippen molar-refractivity contribution in [1.29, 1.82) is 0 Å². The predicted molar refractivity (Wildman–Crippen MR) is 76.0 cm³/mol. The number of nitrogens with one attached hydrogen (secondary N) is 1. The molecule has 2 aliphatic heterocycles. The number of hydrogen-bond acceptors (Lipinski definition) is 3. The Kier molecular flexibility index (Phi) is 5.64. The summed E-state index contributed by atoms with van der Waals surface area (Å²) < 4.78 is 5.38. The number of hydrogen-bond donors (Lipinski definition) is 1. The molecule has 110 valence electrons. The van der Waals surface area contributed by atoms with E-state index in [4.69, 9.17) is 4.74 Å². The Morgan fingerprint density at radius 1 is 1.26 bits per heavy atom. The summed E-state index contributed by atoms with van der Waals surface area (Å²) in [5.74, 6) is 1.70. The minimum absolute atomic E-state index is 0.269. The highest BCUT2D eigenvalue weighted by atomic mass is 16.5. The third-order valence-corrected chi connectivity index (χ3v) is 4.68. The first-order valence-electron chi connectivity index (χ1n) is 7.75. The van der Waals surface area contributed by atoms with Gasteiger partial charge in [0, 0.05) is 32.3 Å². The maximum Gasteiger partial charge on any atom is 0.236 e. The molecule has 0 spiro atoms. The van der Waals surface area contributed by atoms with Crippen molar-refractivity contribution in [3.8, 4) is 0 Å². The lowest BCUT2D eigenvalue weighted by Crippen LogP contribution is -2.46. The Morgan fingerprint density at radius 3 is 2.53 bits per heavy atom. The van der Waals surface area contributed by atoms with Crippen molar-refractivity contribution in [3.63, 3.8) is 0 Å². The summed E-state index contributed by atoms with van der Waals surface area (Å²) in [6, 6.07) is 0.413.